The number of hydrogen-bond acceptors (Lipinski definition) is 5. The Balaban J connectivity index is 1.34. The summed E-state index contributed by atoms with van der Waals surface area (Å²) in [5, 5.41) is 8.82. The third-order valence-electron chi connectivity index (χ3n) is 5.83. The number of nitrogens with zero attached hydrogens (tertiary/aromatic N) is 4. The van der Waals surface area contributed by atoms with Gasteiger partial charge in [0, 0.05) is 37.8 Å². The van der Waals surface area contributed by atoms with E-state index >= 15 is 0 Å². The lowest BCUT2D eigenvalue weighted by atomic mass is 10.0. The van der Waals surface area contributed by atoms with Gasteiger partial charge in [-0.3, -0.25) is 4.79 Å². The van der Waals surface area contributed by atoms with E-state index in [2.05, 4.69) is 47.1 Å². The number of carbonyl (C=O) groups excluding carboxylic acids is 1. The van der Waals surface area contributed by atoms with Gasteiger partial charge in [-0.2, -0.15) is 0 Å². The van der Waals surface area contributed by atoms with E-state index in [9.17, 15) is 9.18 Å². The summed E-state index contributed by atoms with van der Waals surface area (Å²) in [5.41, 5.74) is 4.37. The van der Waals surface area contributed by atoms with Gasteiger partial charge in [-0.1, -0.05) is 18.2 Å². The molecule has 1 atom stereocenters. The van der Waals surface area contributed by atoms with Crippen LogP contribution in [0.4, 0.5) is 10.2 Å². The predicted molar refractivity (Wildman–Crippen MR) is 122 cm³/mol. The highest BCUT2D eigenvalue weighted by molar-refractivity contribution is 5.81. The summed E-state index contributed by atoms with van der Waals surface area (Å²) in [6.45, 7) is 8.33. The zero-order valence-corrected chi connectivity index (χ0v) is 18.6. The number of rotatable bonds is 5. The summed E-state index contributed by atoms with van der Waals surface area (Å²) >= 11 is 0. The van der Waals surface area contributed by atoms with Crippen molar-refractivity contribution in [2.45, 2.75) is 26.9 Å². The van der Waals surface area contributed by atoms with Gasteiger partial charge >= 0.3 is 0 Å². The Kier molecular flexibility index (Phi) is 6.35. The molecule has 1 aliphatic rings. The monoisotopic (exact) mass is 434 g/mol. The van der Waals surface area contributed by atoms with E-state index < -0.39 is 6.10 Å². The molecule has 0 radical (unpaired) electrons. The van der Waals surface area contributed by atoms with Crippen LogP contribution >= 0.6 is 0 Å². The molecule has 1 aliphatic heterocycles. The summed E-state index contributed by atoms with van der Waals surface area (Å²) in [5.74, 6) is 0.655. The number of ether oxygens (including phenoxy) is 1. The highest BCUT2D eigenvalue weighted by Gasteiger charge is 2.26. The highest BCUT2D eigenvalue weighted by atomic mass is 19.1. The van der Waals surface area contributed by atoms with Gasteiger partial charge in [0.05, 0.1) is 5.69 Å². The summed E-state index contributed by atoms with van der Waals surface area (Å²) in [6.07, 6.45) is -0.680. The zero-order chi connectivity index (χ0) is 22.7. The first kappa shape index (κ1) is 21.7. The van der Waals surface area contributed by atoms with Crippen molar-refractivity contribution in [2.75, 3.05) is 31.1 Å². The van der Waals surface area contributed by atoms with Crippen LogP contribution in [0.2, 0.25) is 0 Å². The lowest BCUT2D eigenvalue weighted by molar-refractivity contribution is -0.138. The number of benzene rings is 2. The quantitative estimate of drug-likeness (QED) is 0.607. The third kappa shape index (κ3) is 4.88. The van der Waals surface area contributed by atoms with E-state index in [0.717, 1.165) is 17.1 Å². The number of anilines is 1. The standard InChI is InChI=1S/C25H27FN4O2/c1-17-7-8-20(15-18(17)2)23-9-10-24(28-27-23)29-11-13-30(14-12-29)25(31)19(3)32-22-6-4-5-21(26)16-22/h4-10,15-16,19H,11-14H2,1-3H3. The minimum Gasteiger partial charge on any atom is -0.481 e. The number of aryl methyl sites for hydroxylation is 2. The molecule has 0 spiro atoms. The first-order valence-corrected chi connectivity index (χ1v) is 10.8. The molecule has 7 heteroatoms. The van der Waals surface area contributed by atoms with Gasteiger partial charge in [0.15, 0.2) is 11.9 Å². The third-order valence-corrected chi connectivity index (χ3v) is 5.83. The Bertz CT molecular complexity index is 1100. The molecule has 4 rings (SSSR count). The summed E-state index contributed by atoms with van der Waals surface area (Å²) < 4.78 is 19.0. The van der Waals surface area contributed by atoms with Crippen LogP contribution in [0.5, 0.6) is 5.75 Å². The summed E-state index contributed by atoms with van der Waals surface area (Å²) in [6, 6.07) is 16.1. The predicted octanol–water partition coefficient (Wildman–Crippen LogP) is 4.02. The molecule has 166 valence electrons. The molecule has 0 N–H and O–H groups in total. The average molecular weight is 435 g/mol. The second kappa shape index (κ2) is 9.34. The molecule has 1 fully saturated rings. The molecule has 32 heavy (non-hydrogen) atoms. The van der Waals surface area contributed by atoms with Gasteiger partial charge < -0.3 is 14.5 Å². The van der Waals surface area contributed by atoms with Crippen molar-refractivity contribution >= 4 is 11.7 Å². The number of aromatic nitrogens is 2. The maximum Gasteiger partial charge on any atom is 0.263 e. The molecule has 1 saturated heterocycles. The van der Waals surface area contributed by atoms with Crippen molar-refractivity contribution in [3.63, 3.8) is 0 Å². The molecule has 2 aromatic carbocycles. The van der Waals surface area contributed by atoms with Crippen molar-refractivity contribution in [1.82, 2.24) is 15.1 Å². The number of carbonyl (C=O) groups is 1. The largest absolute Gasteiger partial charge is 0.481 e. The van der Waals surface area contributed by atoms with Crippen LogP contribution in [0, 0.1) is 19.7 Å². The lowest BCUT2D eigenvalue weighted by Gasteiger charge is -2.36. The van der Waals surface area contributed by atoms with Crippen LogP contribution in [0.1, 0.15) is 18.1 Å². The molecule has 1 aromatic heterocycles. The molecular weight excluding hydrogens is 407 g/mol. The number of piperazine rings is 1. The smallest absolute Gasteiger partial charge is 0.263 e. The Labute approximate surface area is 187 Å². The molecule has 6 nitrogen and oxygen atoms in total. The highest BCUT2D eigenvalue weighted by Crippen LogP contribution is 2.22. The second-order valence-corrected chi connectivity index (χ2v) is 8.11. The van der Waals surface area contributed by atoms with Crippen molar-refractivity contribution in [3.05, 3.63) is 71.5 Å². The topological polar surface area (TPSA) is 58.6 Å². The van der Waals surface area contributed by atoms with Crippen LogP contribution in [-0.2, 0) is 4.79 Å². The van der Waals surface area contributed by atoms with Crippen molar-refractivity contribution in [3.8, 4) is 17.0 Å². The van der Waals surface area contributed by atoms with Gasteiger partial charge in [0.2, 0.25) is 0 Å². The lowest BCUT2D eigenvalue weighted by Crippen LogP contribution is -2.52. The number of halogens is 1. The molecule has 1 unspecified atom stereocenters. The Morgan fingerprint density at radius 1 is 0.969 bits per heavy atom. The van der Waals surface area contributed by atoms with E-state index in [1.54, 1.807) is 24.0 Å². The number of hydrogen-bond donors (Lipinski definition) is 0. The molecule has 0 bridgehead atoms. The molecular formula is C25H27FN4O2. The zero-order valence-electron chi connectivity index (χ0n) is 18.6. The van der Waals surface area contributed by atoms with Gasteiger partial charge in [-0.25, -0.2) is 4.39 Å². The van der Waals surface area contributed by atoms with Crippen molar-refractivity contribution in [2.24, 2.45) is 0 Å². The average Bonchev–Trinajstić information content (AvgIpc) is 2.80. The van der Waals surface area contributed by atoms with Crippen LogP contribution in [0.3, 0.4) is 0 Å². The summed E-state index contributed by atoms with van der Waals surface area (Å²) in [7, 11) is 0. The maximum atomic E-state index is 13.3. The fraction of sp³-hybridized carbons (Fsp3) is 0.320. The van der Waals surface area contributed by atoms with Crippen LogP contribution in [0.25, 0.3) is 11.3 Å². The minimum atomic E-state index is -0.680. The SMILES string of the molecule is Cc1ccc(-c2ccc(N3CCN(C(=O)C(C)Oc4cccc(F)c4)CC3)nn2)cc1C. The molecule has 2 heterocycles. The van der Waals surface area contributed by atoms with Crippen LogP contribution < -0.4 is 9.64 Å². The minimum absolute atomic E-state index is 0.106. The van der Waals surface area contributed by atoms with Gasteiger partial charge in [0.25, 0.3) is 5.91 Å². The molecule has 3 aromatic rings. The molecule has 0 aliphatic carbocycles. The Morgan fingerprint density at radius 3 is 2.41 bits per heavy atom. The van der Waals surface area contributed by atoms with E-state index in [1.165, 1.54) is 23.3 Å². The van der Waals surface area contributed by atoms with E-state index in [-0.39, 0.29) is 11.7 Å². The maximum absolute atomic E-state index is 13.3. The van der Waals surface area contributed by atoms with E-state index in [4.69, 9.17) is 4.74 Å². The van der Waals surface area contributed by atoms with Crippen LogP contribution in [-0.4, -0.2) is 53.3 Å². The van der Waals surface area contributed by atoms with Gasteiger partial charge in [-0.05, 0) is 62.2 Å². The van der Waals surface area contributed by atoms with Crippen molar-refractivity contribution < 1.29 is 13.9 Å². The van der Waals surface area contributed by atoms with Crippen molar-refractivity contribution in [1.29, 1.82) is 0 Å². The van der Waals surface area contributed by atoms with Crippen LogP contribution in [0.15, 0.2) is 54.6 Å². The summed E-state index contributed by atoms with van der Waals surface area (Å²) in [4.78, 5) is 16.6. The second-order valence-electron chi connectivity index (χ2n) is 8.11. The Morgan fingerprint density at radius 2 is 1.75 bits per heavy atom. The normalized spacial score (nSPS) is 14.9. The molecule has 0 saturated carbocycles. The van der Waals surface area contributed by atoms with Gasteiger partial charge in [-0.15, -0.1) is 10.2 Å². The Hall–Kier alpha value is -3.48. The fourth-order valence-corrected chi connectivity index (χ4v) is 3.76. The van der Waals surface area contributed by atoms with Gasteiger partial charge in [0.1, 0.15) is 11.6 Å². The fourth-order valence-electron chi connectivity index (χ4n) is 3.76. The first-order valence-electron chi connectivity index (χ1n) is 10.8. The molecule has 1 amide bonds. The van der Waals surface area contributed by atoms with E-state index in [1.807, 2.05) is 12.1 Å². The van der Waals surface area contributed by atoms with E-state index in [0.29, 0.717) is 31.9 Å². The first-order chi connectivity index (χ1) is 15.4. The number of amides is 1.